The lowest BCUT2D eigenvalue weighted by Crippen LogP contribution is -2.54. The summed E-state index contributed by atoms with van der Waals surface area (Å²) in [5, 5.41) is 0. The first-order valence-corrected chi connectivity index (χ1v) is 10.1. The first-order chi connectivity index (χ1) is 13.3. The standard InChI is InChI=1S/C23H28N2O2/c26-23-18-27-22-14-17-24(15-7-10-19-8-3-1-4-9-19)16-13-21(22)25(23)20-11-5-2-6-12-20/h1-6,8-9,11-12,21-22H,7,10,13-18H2/t21-,22-/m0/s1. The molecule has 2 aromatic carbocycles. The van der Waals surface area contributed by atoms with Crippen LogP contribution in [0.15, 0.2) is 60.7 Å². The number of carbonyl (C=O) groups is 1. The van der Waals surface area contributed by atoms with Gasteiger partial charge in [-0.15, -0.1) is 0 Å². The summed E-state index contributed by atoms with van der Waals surface area (Å²) in [7, 11) is 0. The largest absolute Gasteiger partial charge is 0.366 e. The molecule has 0 spiro atoms. The Morgan fingerprint density at radius 2 is 1.63 bits per heavy atom. The van der Waals surface area contributed by atoms with E-state index in [0.717, 1.165) is 44.6 Å². The Labute approximate surface area is 161 Å². The second kappa shape index (κ2) is 8.68. The third-order valence-corrected chi connectivity index (χ3v) is 5.74. The first kappa shape index (κ1) is 18.2. The maximum absolute atomic E-state index is 12.6. The molecule has 4 nitrogen and oxygen atoms in total. The van der Waals surface area contributed by atoms with Crippen LogP contribution in [0.1, 0.15) is 24.8 Å². The molecular weight excluding hydrogens is 336 g/mol. The number of rotatable bonds is 5. The number of likely N-dealkylation sites (tertiary alicyclic amines) is 1. The van der Waals surface area contributed by atoms with E-state index in [2.05, 4.69) is 35.2 Å². The number of amides is 1. The second-order valence-electron chi connectivity index (χ2n) is 7.52. The van der Waals surface area contributed by atoms with Crippen molar-refractivity contribution < 1.29 is 9.53 Å². The Morgan fingerprint density at radius 3 is 2.41 bits per heavy atom. The monoisotopic (exact) mass is 364 g/mol. The highest BCUT2D eigenvalue weighted by Gasteiger charge is 2.38. The van der Waals surface area contributed by atoms with Gasteiger partial charge in [0.25, 0.3) is 5.91 Å². The average Bonchev–Trinajstić information content (AvgIpc) is 2.92. The summed E-state index contributed by atoms with van der Waals surface area (Å²) < 4.78 is 5.93. The van der Waals surface area contributed by atoms with Crippen LogP contribution in [0.25, 0.3) is 0 Å². The normalized spacial score (nSPS) is 23.7. The molecule has 2 heterocycles. The second-order valence-corrected chi connectivity index (χ2v) is 7.52. The van der Waals surface area contributed by atoms with Crippen molar-refractivity contribution in [3.63, 3.8) is 0 Å². The number of carbonyl (C=O) groups excluding carboxylic acids is 1. The molecule has 4 rings (SSSR count). The van der Waals surface area contributed by atoms with Gasteiger partial charge in [-0.25, -0.2) is 0 Å². The molecule has 1 amide bonds. The summed E-state index contributed by atoms with van der Waals surface area (Å²) in [4.78, 5) is 17.1. The zero-order chi connectivity index (χ0) is 18.5. The van der Waals surface area contributed by atoms with Gasteiger partial charge in [0.05, 0.1) is 12.1 Å². The quantitative estimate of drug-likeness (QED) is 0.814. The average molecular weight is 364 g/mol. The summed E-state index contributed by atoms with van der Waals surface area (Å²) in [5.74, 6) is 0.0833. The van der Waals surface area contributed by atoms with Gasteiger partial charge in [0.2, 0.25) is 0 Å². The Kier molecular flexibility index (Phi) is 5.85. The molecule has 0 aromatic heterocycles. The van der Waals surface area contributed by atoms with E-state index in [1.54, 1.807) is 0 Å². The van der Waals surface area contributed by atoms with Gasteiger partial charge in [-0.2, -0.15) is 0 Å². The number of morpholine rings is 1. The summed E-state index contributed by atoms with van der Waals surface area (Å²) in [6.07, 6.45) is 4.39. The van der Waals surface area contributed by atoms with Crippen molar-refractivity contribution in [2.75, 3.05) is 31.1 Å². The molecule has 2 aromatic rings. The first-order valence-electron chi connectivity index (χ1n) is 10.1. The summed E-state index contributed by atoms with van der Waals surface area (Å²) in [5.41, 5.74) is 2.41. The summed E-state index contributed by atoms with van der Waals surface area (Å²) in [6.45, 7) is 3.38. The predicted octanol–water partition coefficient (Wildman–Crippen LogP) is 3.52. The van der Waals surface area contributed by atoms with Gasteiger partial charge < -0.3 is 14.5 Å². The minimum atomic E-state index is 0.0833. The number of anilines is 1. The topological polar surface area (TPSA) is 32.8 Å². The van der Waals surface area contributed by atoms with Crippen molar-refractivity contribution in [2.45, 2.75) is 37.8 Å². The number of aryl methyl sites for hydroxylation is 1. The number of fused-ring (bicyclic) bond motifs is 1. The molecule has 0 bridgehead atoms. The van der Waals surface area contributed by atoms with Gasteiger partial charge in [-0.3, -0.25) is 4.79 Å². The third-order valence-electron chi connectivity index (χ3n) is 5.74. The highest BCUT2D eigenvalue weighted by molar-refractivity contribution is 5.95. The molecule has 2 atom stereocenters. The lowest BCUT2D eigenvalue weighted by atomic mass is 10.0. The molecule has 0 unspecified atom stereocenters. The molecule has 0 aliphatic carbocycles. The smallest absolute Gasteiger partial charge is 0.253 e. The molecule has 2 aliphatic heterocycles. The molecule has 27 heavy (non-hydrogen) atoms. The van der Waals surface area contributed by atoms with E-state index in [4.69, 9.17) is 4.74 Å². The molecular formula is C23H28N2O2. The number of benzene rings is 2. The Bertz CT molecular complexity index is 735. The third kappa shape index (κ3) is 4.40. The molecule has 0 saturated carbocycles. The van der Waals surface area contributed by atoms with E-state index < -0.39 is 0 Å². The fourth-order valence-electron chi connectivity index (χ4n) is 4.34. The number of para-hydroxylation sites is 1. The Morgan fingerprint density at radius 1 is 0.926 bits per heavy atom. The lowest BCUT2D eigenvalue weighted by molar-refractivity contribution is -0.132. The van der Waals surface area contributed by atoms with Crippen molar-refractivity contribution in [1.82, 2.24) is 4.90 Å². The van der Waals surface area contributed by atoms with Gasteiger partial charge in [0.1, 0.15) is 6.61 Å². The van der Waals surface area contributed by atoms with Crippen molar-refractivity contribution in [3.8, 4) is 0 Å². The molecule has 2 saturated heterocycles. The van der Waals surface area contributed by atoms with Gasteiger partial charge in [0.15, 0.2) is 0 Å². The minimum absolute atomic E-state index is 0.0833. The van der Waals surface area contributed by atoms with E-state index in [-0.39, 0.29) is 24.7 Å². The predicted molar refractivity (Wildman–Crippen MR) is 108 cm³/mol. The van der Waals surface area contributed by atoms with Gasteiger partial charge >= 0.3 is 0 Å². The van der Waals surface area contributed by atoms with Crippen LogP contribution in [-0.2, 0) is 16.0 Å². The van der Waals surface area contributed by atoms with Gasteiger partial charge in [-0.1, -0.05) is 48.5 Å². The number of ether oxygens (including phenoxy) is 1. The molecule has 2 aliphatic rings. The summed E-state index contributed by atoms with van der Waals surface area (Å²) in [6, 6.07) is 20.9. The van der Waals surface area contributed by atoms with E-state index in [9.17, 15) is 4.79 Å². The Hall–Kier alpha value is -2.17. The number of nitrogens with zero attached hydrogens (tertiary/aromatic N) is 2. The van der Waals surface area contributed by atoms with Crippen molar-refractivity contribution in [3.05, 3.63) is 66.2 Å². The SMILES string of the molecule is O=C1CO[C@H]2CCN(CCCc3ccccc3)CC[C@@H]2N1c1ccccc1. The van der Waals surface area contributed by atoms with E-state index in [0.29, 0.717) is 0 Å². The van der Waals surface area contributed by atoms with E-state index in [1.807, 2.05) is 35.2 Å². The fraction of sp³-hybridized carbons (Fsp3) is 0.435. The maximum atomic E-state index is 12.6. The van der Waals surface area contributed by atoms with Gasteiger partial charge in [-0.05, 0) is 49.9 Å². The van der Waals surface area contributed by atoms with Crippen LogP contribution in [0, 0.1) is 0 Å². The van der Waals surface area contributed by atoms with Gasteiger partial charge in [0, 0.05) is 18.8 Å². The highest BCUT2D eigenvalue weighted by atomic mass is 16.5. The van der Waals surface area contributed by atoms with Crippen LogP contribution < -0.4 is 4.90 Å². The highest BCUT2D eigenvalue weighted by Crippen LogP contribution is 2.29. The number of hydrogen-bond donors (Lipinski definition) is 0. The minimum Gasteiger partial charge on any atom is -0.366 e. The van der Waals surface area contributed by atoms with Crippen LogP contribution in [0.5, 0.6) is 0 Å². The summed E-state index contributed by atoms with van der Waals surface area (Å²) >= 11 is 0. The van der Waals surface area contributed by atoms with Crippen LogP contribution in [0.2, 0.25) is 0 Å². The fourth-order valence-corrected chi connectivity index (χ4v) is 4.34. The number of hydrogen-bond acceptors (Lipinski definition) is 3. The maximum Gasteiger partial charge on any atom is 0.253 e. The Balaban J connectivity index is 1.37. The van der Waals surface area contributed by atoms with Crippen LogP contribution in [-0.4, -0.2) is 49.2 Å². The van der Waals surface area contributed by atoms with E-state index in [1.165, 1.54) is 12.0 Å². The molecule has 0 radical (unpaired) electrons. The van der Waals surface area contributed by atoms with Crippen molar-refractivity contribution in [1.29, 1.82) is 0 Å². The van der Waals surface area contributed by atoms with Crippen LogP contribution in [0.4, 0.5) is 5.69 Å². The zero-order valence-electron chi connectivity index (χ0n) is 15.8. The van der Waals surface area contributed by atoms with Crippen molar-refractivity contribution >= 4 is 11.6 Å². The molecule has 4 heteroatoms. The molecule has 142 valence electrons. The zero-order valence-corrected chi connectivity index (χ0v) is 15.8. The van der Waals surface area contributed by atoms with Crippen LogP contribution >= 0.6 is 0 Å². The van der Waals surface area contributed by atoms with E-state index >= 15 is 0 Å². The van der Waals surface area contributed by atoms with Crippen molar-refractivity contribution in [2.24, 2.45) is 0 Å². The molecule has 0 N–H and O–H groups in total. The van der Waals surface area contributed by atoms with Crippen LogP contribution in [0.3, 0.4) is 0 Å². The molecule has 2 fully saturated rings. The lowest BCUT2D eigenvalue weighted by Gasteiger charge is -2.40.